The highest BCUT2D eigenvalue weighted by Gasteiger charge is 2.22. The topological polar surface area (TPSA) is 223 Å². The van der Waals surface area contributed by atoms with Gasteiger partial charge in [-0.05, 0) is 62.4 Å². The summed E-state index contributed by atoms with van der Waals surface area (Å²) in [5, 5.41) is 23.1. The van der Waals surface area contributed by atoms with Crippen LogP contribution in [0.3, 0.4) is 0 Å². The van der Waals surface area contributed by atoms with E-state index < -0.39 is 36.4 Å². The Morgan fingerprint density at radius 1 is 1.09 bits per heavy atom. The van der Waals surface area contributed by atoms with Gasteiger partial charge in [-0.1, -0.05) is 12.5 Å². The first-order chi connectivity index (χ1) is 21.1. The van der Waals surface area contributed by atoms with Crippen LogP contribution in [-0.2, 0) is 20.9 Å². The molecule has 2 amide bonds. The van der Waals surface area contributed by atoms with Crippen LogP contribution in [0.15, 0.2) is 42.6 Å². The zero-order chi connectivity index (χ0) is 31.6. The molecule has 3 aromatic rings. The van der Waals surface area contributed by atoms with Crippen LogP contribution < -0.4 is 21.3 Å². The van der Waals surface area contributed by atoms with Gasteiger partial charge in [-0.15, -0.1) is 0 Å². The maximum Gasteiger partial charge on any atom is 0.413 e. The van der Waals surface area contributed by atoms with Gasteiger partial charge in [-0.3, -0.25) is 14.9 Å². The van der Waals surface area contributed by atoms with Gasteiger partial charge in [0.1, 0.15) is 12.1 Å². The van der Waals surface area contributed by atoms with Crippen LogP contribution in [0.5, 0.6) is 0 Å². The van der Waals surface area contributed by atoms with Gasteiger partial charge in [0.2, 0.25) is 5.95 Å². The third kappa shape index (κ3) is 8.83. The van der Waals surface area contributed by atoms with Gasteiger partial charge in [-0.25, -0.2) is 19.6 Å². The lowest BCUT2D eigenvalue weighted by molar-refractivity contribution is -0.140. The number of anilines is 3. The van der Waals surface area contributed by atoms with Crippen LogP contribution in [0.4, 0.5) is 22.2 Å². The van der Waals surface area contributed by atoms with Crippen molar-refractivity contribution in [2.45, 2.75) is 63.6 Å². The molecule has 232 valence electrons. The molecule has 6 N–H and O–H groups in total. The SMILES string of the molecule is CN(Cc1cnc2nc(N)nc(NC(=O)OC3/C=C/CCCCC3)c2n1)c1ccc(C(=O)N[C@@H](CCC(=O)O)C(=O)O)cc1. The van der Waals surface area contributed by atoms with Crippen LogP contribution in [-0.4, -0.2) is 73.3 Å². The normalized spacial score (nSPS) is 16.2. The molecule has 0 radical (unpaired) electrons. The quantitative estimate of drug-likeness (QED) is 0.198. The van der Waals surface area contributed by atoms with E-state index in [1.165, 1.54) is 18.3 Å². The number of nitrogens with zero attached hydrogens (tertiary/aromatic N) is 5. The maximum absolute atomic E-state index is 12.7. The molecule has 1 aliphatic carbocycles. The zero-order valence-corrected chi connectivity index (χ0v) is 24.1. The monoisotopic (exact) mass is 606 g/mol. The molecule has 1 aromatic carbocycles. The largest absolute Gasteiger partial charge is 0.481 e. The van der Waals surface area contributed by atoms with Crippen molar-refractivity contribution in [1.82, 2.24) is 25.3 Å². The van der Waals surface area contributed by atoms with E-state index >= 15 is 0 Å². The predicted molar refractivity (Wildman–Crippen MR) is 160 cm³/mol. The summed E-state index contributed by atoms with van der Waals surface area (Å²) in [5.41, 5.74) is 7.72. The molecular weight excluding hydrogens is 572 g/mol. The van der Waals surface area contributed by atoms with Crippen molar-refractivity contribution in [3.8, 4) is 0 Å². The maximum atomic E-state index is 12.7. The van der Waals surface area contributed by atoms with E-state index in [1.54, 1.807) is 19.2 Å². The number of hydrogen-bond acceptors (Lipinski definition) is 11. The Balaban J connectivity index is 1.43. The number of carboxylic acids is 2. The number of rotatable bonds is 11. The summed E-state index contributed by atoms with van der Waals surface area (Å²) in [6.07, 6.45) is 8.61. The Kier molecular flexibility index (Phi) is 10.6. The standard InChI is InChI=1S/C29H34N8O7/c1-37(19-11-9-17(10-12-19)26(40)33-21(27(41)42)13-14-22(38)39)16-18-15-31-24-23(32-18)25(35-28(30)34-24)36-29(43)44-20-7-5-3-2-4-6-8-20/h5,7,9-12,15,20-21H,2-4,6,8,13-14,16H2,1H3,(H,33,40)(H,38,39)(H,41,42)(H3,30,31,34,35,36,43)/b7-5+/t20?,21-/m0/s1. The second-order valence-corrected chi connectivity index (χ2v) is 10.3. The third-order valence-electron chi connectivity index (χ3n) is 6.88. The van der Waals surface area contributed by atoms with Gasteiger partial charge >= 0.3 is 18.0 Å². The van der Waals surface area contributed by atoms with E-state index in [4.69, 9.17) is 15.6 Å². The van der Waals surface area contributed by atoms with Gasteiger partial charge in [0, 0.05) is 24.7 Å². The number of ether oxygens (including phenoxy) is 1. The van der Waals surface area contributed by atoms with E-state index in [9.17, 15) is 24.3 Å². The smallest absolute Gasteiger partial charge is 0.413 e. The summed E-state index contributed by atoms with van der Waals surface area (Å²) in [6.45, 7) is 0.284. The molecular formula is C29H34N8O7. The zero-order valence-electron chi connectivity index (χ0n) is 24.1. The Morgan fingerprint density at radius 2 is 1.86 bits per heavy atom. The minimum absolute atomic E-state index is 0.0720. The number of carbonyl (C=O) groups excluding carboxylic acids is 2. The molecule has 15 heteroatoms. The lowest BCUT2D eigenvalue weighted by Crippen LogP contribution is -2.41. The van der Waals surface area contributed by atoms with E-state index in [0.717, 1.165) is 32.1 Å². The number of nitrogen functional groups attached to an aromatic ring is 1. The predicted octanol–water partition coefficient (Wildman–Crippen LogP) is 3.12. The number of carbonyl (C=O) groups is 4. The third-order valence-corrected chi connectivity index (χ3v) is 6.88. The average molecular weight is 607 g/mol. The number of allylic oxidation sites excluding steroid dienone is 1. The highest BCUT2D eigenvalue weighted by Crippen LogP contribution is 2.22. The molecule has 15 nitrogen and oxygen atoms in total. The molecule has 0 bridgehead atoms. The summed E-state index contributed by atoms with van der Waals surface area (Å²) in [4.78, 5) is 66.5. The van der Waals surface area contributed by atoms with Crippen LogP contribution in [0.25, 0.3) is 11.2 Å². The van der Waals surface area contributed by atoms with Crippen LogP contribution in [0.2, 0.25) is 0 Å². The van der Waals surface area contributed by atoms with Crippen LogP contribution in [0.1, 0.15) is 61.0 Å². The van der Waals surface area contributed by atoms with E-state index in [-0.39, 0.29) is 47.6 Å². The summed E-state index contributed by atoms with van der Waals surface area (Å²) < 4.78 is 5.58. The molecule has 1 aliphatic rings. The van der Waals surface area contributed by atoms with Crippen molar-refractivity contribution in [2.24, 2.45) is 0 Å². The number of aliphatic carboxylic acids is 2. The van der Waals surface area contributed by atoms with Crippen molar-refractivity contribution in [1.29, 1.82) is 0 Å². The van der Waals surface area contributed by atoms with Crippen molar-refractivity contribution >= 4 is 52.6 Å². The molecule has 0 fully saturated rings. The number of nitrogens with one attached hydrogen (secondary N) is 2. The van der Waals surface area contributed by atoms with Crippen molar-refractivity contribution < 1.29 is 34.1 Å². The molecule has 2 heterocycles. The number of fused-ring (bicyclic) bond motifs is 1. The fraction of sp³-hybridized carbons (Fsp3) is 0.379. The van der Waals surface area contributed by atoms with Gasteiger partial charge in [0.05, 0.1) is 18.4 Å². The number of hydrogen-bond donors (Lipinski definition) is 5. The summed E-state index contributed by atoms with van der Waals surface area (Å²) in [7, 11) is 1.80. The molecule has 0 saturated heterocycles. The van der Waals surface area contributed by atoms with Gasteiger partial charge in [0.15, 0.2) is 17.0 Å². The van der Waals surface area contributed by atoms with E-state index in [0.29, 0.717) is 11.4 Å². The van der Waals surface area contributed by atoms with Gasteiger partial charge in [0.25, 0.3) is 5.91 Å². The first-order valence-corrected chi connectivity index (χ1v) is 14.1. The second kappa shape index (κ2) is 14.7. The van der Waals surface area contributed by atoms with Crippen LogP contribution in [0, 0.1) is 0 Å². The lowest BCUT2D eigenvalue weighted by atomic mass is 10.0. The molecule has 44 heavy (non-hydrogen) atoms. The first-order valence-electron chi connectivity index (χ1n) is 14.1. The first kappa shape index (κ1) is 31.6. The number of amides is 2. The van der Waals surface area contributed by atoms with E-state index in [2.05, 4.69) is 30.6 Å². The Hall–Kier alpha value is -5.34. The van der Waals surface area contributed by atoms with Gasteiger partial charge < -0.3 is 30.9 Å². The summed E-state index contributed by atoms with van der Waals surface area (Å²) in [5.74, 6) is -3.12. The number of carboxylic acid groups (broad SMARTS) is 2. The summed E-state index contributed by atoms with van der Waals surface area (Å²) >= 11 is 0. The average Bonchev–Trinajstić information content (AvgIpc) is 2.96. The minimum Gasteiger partial charge on any atom is -0.481 e. The van der Waals surface area contributed by atoms with E-state index in [1.807, 2.05) is 17.1 Å². The highest BCUT2D eigenvalue weighted by atomic mass is 16.6. The molecule has 1 unspecified atom stereocenters. The molecule has 0 spiro atoms. The fourth-order valence-corrected chi connectivity index (χ4v) is 4.58. The Morgan fingerprint density at radius 3 is 2.59 bits per heavy atom. The molecule has 2 atom stereocenters. The van der Waals surface area contributed by atoms with Crippen molar-refractivity contribution in [3.05, 3.63) is 53.9 Å². The molecule has 0 aliphatic heterocycles. The number of nitrogens with two attached hydrogens (primary N) is 1. The summed E-state index contributed by atoms with van der Waals surface area (Å²) in [6, 6.07) is 5.07. The van der Waals surface area contributed by atoms with Crippen LogP contribution >= 0.6 is 0 Å². The molecule has 2 aromatic heterocycles. The highest BCUT2D eigenvalue weighted by molar-refractivity contribution is 5.97. The Bertz CT molecular complexity index is 1550. The van der Waals surface area contributed by atoms with Crippen molar-refractivity contribution in [2.75, 3.05) is 23.0 Å². The second-order valence-electron chi connectivity index (χ2n) is 10.3. The van der Waals surface area contributed by atoms with Gasteiger partial charge in [-0.2, -0.15) is 9.97 Å². The fourth-order valence-electron chi connectivity index (χ4n) is 4.58. The number of benzene rings is 1. The van der Waals surface area contributed by atoms with Crippen molar-refractivity contribution in [3.63, 3.8) is 0 Å². The lowest BCUT2D eigenvalue weighted by Gasteiger charge is -2.20. The number of aromatic nitrogens is 4. The minimum atomic E-state index is -1.33. The molecule has 4 rings (SSSR count). The Labute approximate surface area is 252 Å². The molecule has 0 saturated carbocycles.